The van der Waals surface area contributed by atoms with Crippen LogP contribution in [0.5, 0.6) is 0 Å². The average Bonchev–Trinajstić information content (AvgIpc) is 3.73. The quantitative estimate of drug-likeness (QED) is 0.500. The largest absolute Gasteiger partial charge is 0.383 e. The molecule has 0 aromatic carbocycles. The minimum absolute atomic E-state index is 0.0817. The van der Waals surface area contributed by atoms with Crippen LogP contribution in [0.1, 0.15) is 78.9 Å². The van der Waals surface area contributed by atoms with Crippen LogP contribution in [0.15, 0.2) is 18.3 Å². The number of carbonyl (C=O) groups is 2. The molecule has 1 saturated carbocycles. The van der Waals surface area contributed by atoms with Crippen LogP contribution in [0, 0.1) is 6.92 Å². The number of aryl methyl sites for hydroxylation is 1. The van der Waals surface area contributed by atoms with E-state index in [1.165, 1.54) is 0 Å². The van der Waals surface area contributed by atoms with Crippen molar-refractivity contribution in [3.63, 3.8) is 0 Å². The molecule has 4 heterocycles. The van der Waals surface area contributed by atoms with Crippen LogP contribution < -0.4 is 16.0 Å². The number of hydrogen-bond acceptors (Lipinski definition) is 8. The van der Waals surface area contributed by atoms with Crippen molar-refractivity contribution in [3.8, 4) is 0 Å². The molecule has 2 saturated heterocycles. The van der Waals surface area contributed by atoms with Gasteiger partial charge in [-0.1, -0.05) is 24.9 Å². The molecule has 39 heavy (non-hydrogen) atoms. The van der Waals surface area contributed by atoms with Crippen LogP contribution in [0.4, 0.5) is 11.6 Å². The minimum atomic E-state index is -0.138. The number of amides is 2. The molecular formula is C28H39ClN8O2. The molecule has 3 N–H and O–H groups in total. The van der Waals surface area contributed by atoms with E-state index in [0.29, 0.717) is 42.5 Å². The van der Waals surface area contributed by atoms with Gasteiger partial charge >= 0.3 is 0 Å². The van der Waals surface area contributed by atoms with E-state index in [0.717, 1.165) is 63.1 Å². The topological polar surface area (TPSA) is 121 Å². The van der Waals surface area contributed by atoms with Gasteiger partial charge in [-0.15, -0.1) is 0 Å². The van der Waals surface area contributed by atoms with Gasteiger partial charge in [0.15, 0.2) is 0 Å². The fraction of sp³-hybridized carbons (Fsp3) is 0.607. The van der Waals surface area contributed by atoms with E-state index < -0.39 is 0 Å². The van der Waals surface area contributed by atoms with Gasteiger partial charge in [-0.05, 0) is 58.1 Å². The van der Waals surface area contributed by atoms with Crippen molar-refractivity contribution in [1.29, 1.82) is 0 Å². The molecule has 2 aromatic rings. The Morgan fingerprint density at radius 1 is 1.13 bits per heavy atom. The van der Waals surface area contributed by atoms with Gasteiger partial charge in [-0.3, -0.25) is 14.5 Å². The van der Waals surface area contributed by atoms with Crippen LogP contribution in [0.25, 0.3) is 0 Å². The van der Waals surface area contributed by atoms with E-state index in [9.17, 15) is 9.59 Å². The summed E-state index contributed by atoms with van der Waals surface area (Å²) in [6.45, 7) is 9.57. The monoisotopic (exact) mass is 554 g/mol. The van der Waals surface area contributed by atoms with Gasteiger partial charge in [0.2, 0.25) is 0 Å². The number of pyridine rings is 1. The van der Waals surface area contributed by atoms with Gasteiger partial charge in [0.1, 0.15) is 22.5 Å². The van der Waals surface area contributed by atoms with Crippen molar-refractivity contribution in [2.24, 2.45) is 0 Å². The molecule has 3 aliphatic rings. The van der Waals surface area contributed by atoms with Gasteiger partial charge in [0.25, 0.3) is 11.8 Å². The number of piperazine rings is 1. The normalized spacial score (nSPS) is 22.7. The van der Waals surface area contributed by atoms with E-state index in [1.807, 2.05) is 11.8 Å². The highest BCUT2D eigenvalue weighted by Gasteiger charge is 2.38. The first-order valence-corrected chi connectivity index (χ1v) is 14.5. The van der Waals surface area contributed by atoms with Crippen molar-refractivity contribution in [2.45, 2.75) is 83.5 Å². The highest BCUT2D eigenvalue weighted by atomic mass is 35.5. The molecule has 1 aliphatic carbocycles. The fourth-order valence-corrected chi connectivity index (χ4v) is 6.11. The Labute approximate surface area is 235 Å². The lowest BCUT2D eigenvalue weighted by molar-refractivity contribution is 0.0422. The zero-order valence-electron chi connectivity index (χ0n) is 23.1. The molecule has 0 bridgehead atoms. The van der Waals surface area contributed by atoms with Gasteiger partial charge in [0, 0.05) is 50.3 Å². The minimum Gasteiger partial charge on any atom is -0.383 e. The molecule has 10 nitrogen and oxygen atoms in total. The van der Waals surface area contributed by atoms with Crippen LogP contribution >= 0.6 is 11.6 Å². The fourth-order valence-electron chi connectivity index (χ4n) is 5.95. The maximum absolute atomic E-state index is 13.1. The molecular weight excluding hydrogens is 516 g/mol. The number of nitrogens with one attached hydrogen (secondary N) is 1. The summed E-state index contributed by atoms with van der Waals surface area (Å²) in [5.41, 5.74) is 7.56. The zero-order valence-corrected chi connectivity index (χ0v) is 23.8. The lowest BCUT2D eigenvalue weighted by Crippen LogP contribution is -2.62. The Bertz CT molecular complexity index is 1210. The lowest BCUT2D eigenvalue weighted by Gasteiger charge is -2.50. The summed E-state index contributed by atoms with van der Waals surface area (Å²) < 4.78 is 0. The summed E-state index contributed by atoms with van der Waals surface area (Å²) in [5.74, 6) is 0.821. The van der Waals surface area contributed by atoms with Gasteiger partial charge in [0.05, 0.1) is 17.5 Å². The first kappa shape index (κ1) is 27.6. The summed E-state index contributed by atoms with van der Waals surface area (Å²) in [6, 6.07) is 4.60. The molecule has 2 atom stereocenters. The van der Waals surface area contributed by atoms with Crippen molar-refractivity contribution >= 4 is 35.1 Å². The number of nitrogens with zero attached hydrogens (tertiary/aromatic N) is 6. The number of likely N-dealkylation sites (tertiary alicyclic amines) is 1. The van der Waals surface area contributed by atoms with E-state index in [1.54, 1.807) is 18.3 Å². The van der Waals surface area contributed by atoms with E-state index in [-0.39, 0.29) is 28.8 Å². The van der Waals surface area contributed by atoms with Crippen LogP contribution in [-0.2, 0) is 0 Å². The summed E-state index contributed by atoms with van der Waals surface area (Å²) in [4.78, 5) is 45.8. The number of nitrogens with two attached hydrogens (primary N) is 1. The molecule has 5 rings (SSSR count). The third kappa shape index (κ3) is 6.11. The Morgan fingerprint density at radius 3 is 2.51 bits per heavy atom. The van der Waals surface area contributed by atoms with Crippen LogP contribution in [0.3, 0.4) is 0 Å². The molecule has 210 valence electrons. The second kappa shape index (κ2) is 11.6. The molecule has 0 spiro atoms. The smallest absolute Gasteiger partial charge is 0.271 e. The number of nitrogen functional groups attached to an aromatic ring is 1. The first-order valence-electron chi connectivity index (χ1n) is 14.1. The van der Waals surface area contributed by atoms with E-state index in [2.05, 4.69) is 38.9 Å². The Balaban J connectivity index is 1.24. The van der Waals surface area contributed by atoms with E-state index >= 15 is 0 Å². The molecule has 0 radical (unpaired) electrons. The summed E-state index contributed by atoms with van der Waals surface area (Å²) >= 11 is 5.91. The van der Waals surface area contributed by atoms with E-state index in [4.69, 9.17) is 22.3 Å². The Kier molecular flexibility index (Phi) is 8.23. The third-order valence-electron chi connectivity index (χ3n) is 8.19. The Hall–Kier alpha value is -2.98. The Morgan fingerprint density at radius 2 is 1.87 bits per heavy atom. The van der Waals surface area contributed by atoms with Crippen molar-refractivity contribution in [1.82, 2.24) is 30.1 Å². The highest BCUT2D eigenvalue weighted by Crippen LogP contribution is 2.30. The molecule has 3 fully saturated rings. The SMILES string of the molecule is CCC[C@H]1CN(c2ncc(C(=O)NC3CC3)nc2C)[C@H](C)CN1C1CCN(C(=O)c2ccc(Cl)nc2N)CC1. The predicted molar refractivity (Wildman–Crippen MR) is 152 cm³/mol. The number of halogens is 1. The number of piperidine rings is 1. The zero-order chi connectivity index (χ0) is 27.7. The van der Waals surface area contributed by atoms with Gasteiger partial charge < -0.3 is 20.9 Å². The highest BCUT2D eigenvalue weighted by molar-refractivity contribution is 6.29. The second-order valence-electron chi connectivity index (χ2n) is 11.1. The van der Waals surface area contributed by atoms with Crippen LogP contribution in [0.2, 0.25) is 5.15 Å². The standard InChI is InChI=1S/C28H39ClN8O2/c1-4-5-21-16-36(26-18(3)32-23(14-31-26)27(38)33-19-6-7-19)17(2)15-37(21)20-10-12-35(13-11-20)28(39)22-8-9-24(29)34-25(22)30/h8-9,14,17,19-21H,4-7,10-13,15-16H2,1-3H3,(H2,30,34)(H,33,38)/t17-,21+/m1/s1. The first-order chi connectivity index (χ1) is 18.7. The predicted octanol–water partition coefficient (Wildman–Crippen LogP) is 3.29. The number of carbonyl (C=O) groups excluding carboxylic acids is 2. The molecule has 0 unspecified atom stereocenters. The number of hydrogen-bond donors (Lipinski definition) is 2. The third-order valence-corrected chi connectivity index (χ3v) is 8.40. The average molecular weight is 555 g/mol. The second-order valence-corrected chi connectivity index (χ2v) is 11.5. The summed E-state index contributed by atoms with van der Waals surface area (Å²) in [6.07, 6.45) is 7.72. The lowest BCUT2D eigenvalue weighted by atomic mass is 9.95. The maximum atomic E-state index is 13.1. The van der Waals surface area contributed by atoms with Gasteiger partial charge in [-0.25, -0.2) is 15.0 Å². The molecule has 2 amide bonds. The maximum Gasteiger partial charge on any atom is 0.271 e. The van der Waals surface area contributed by atoms with Gasteiger partial charge in [-0.2, -0.15) is 0 Å². The summed E-state index contributed by atoms with van der Waals surface area (Å²) in [7, 11) is 0. The summed E-state index contributed by atoms with van der Waals surface area (Å²) in [5, 5.41) is 3.28. The van der Waals surface area contributed by atoms with Crippen molar-refractivity contribution < 1.29 is 9.59 Å². The van der Waals surface area contributed by atoms with Crippen molar-refractivity contribution in [3.05, 3.63) is 40.4 Å². The number of rotatable bonds is 7. The van der Waals surface area contributed by atoms with Crippen molar-refractivity contribution in [2.75, 3.05) is 36.8 Å². The molecule has 2 aromatic heterocycles. The molecule has 2 aliphatic heterocycles. The van der Waals surface area contributed by atoms with Crippen LogP contribution in [-0.4, -0.2) is 86.9 Å². The number of aromatic nitrogens is 3. The number of anilines is 2. The molecule has 11 heteroatoms.